The largest absolute Gasteiger partial charge is 0.287 e. The lowest BCUT2D eigenvalue weighted by atomic mass is 10.1. The van der Waals surface area contributed by atoms with Gasteiger partial charge in [-0.2, -0.15) is 10.4 Å². The Morgan fingerprint density at radius 2 is 1.77 bits per heavy atom. The van der Waals surface area contributed by atoms with E-state index >= 15 is 0 Å². The zero-order valence-electron chi connectivity index (χ0n) is 16.8. The molecule has 0 saturated heterocycles. The second-order valence-corrected chi connectivity index (χ2v) is 8.51. The van der Waals surface area contributed by atoms with Gasteiger partial charge in [0.1, 0.15) is 0 Å². The summed E-state index contributed by atoms with van der Waals surface area (Å²) in [6.45, 7) is 2.39. The molecule has 10 heteroatoms. The van der Waals surface area contributed by atoms with E-state index in [4.69, 9.17) is 5.26 Å². The number of carbonyl (C=O) groups excluding carboxylic acids is 1. The number of hydrazine groups is 1. The fraction of sp³-hybridized carbons (Fsp3) is 0.238. The van der Waals surface area contributed by atoms with E-state index in [1.54, 1.807) is 24.3 Å². The molecular weight excluding hydrogens is 418 g/mol. The van der Waals surface area contributed by atoms with Crippen LogP contribution < -0.4 is 15.8 Å². The van der Waals surface area contributed by atoms with Crippen molar-refractivity contribution in [2.24, 2.45) is 0 Å². The van der Waals surface area contributed by atoms with Crippen molar-refractivity contribution in [3.8, 4) is 6.07 Å². The van der Waals surface area contributed by atoms with Crippen molar-refractivity contribution in [1.82, 2.24) is 20.0 Å². The van der Waals surface area contributed by atoms with Crippen LogP contribution in [-0.4, -0.2) is 24.1 Å². The Balaban J connectivity index is 1.88. The number of nitriles is 1. The third-order valence-electron chi connectivity index (χ3n) is 4.65. The highest BCUT2D eigenvalue weighted by Gasteiger charge is 2.20. The summed E-state index contributed by atoms with van der Waals surface area (Å²) in [5.41, 5.74) is 2.10. The molecule has 1 aromatic heterocycles. The van der Waals surface area contributed by atoms with Crippen LogP contribution in [0.25, 0.3) is 10.8 Å². The Morgan fingerprint density at radius 1 is 1.10 bits per heavy atom. The van der Waals surface area contributed by atoms with E-state index in [-0.39, 0.29) is 16.1 Å². The first kappa shape index (κ1) is 22.1. The third-order valence-corrected chi connectivity index (χ3v) is 5.91. The first-order valence-electron chi connectivity index (χ1n) is 9.69. The summed E-state index contributed by atoms with van der Waals surface area (Å²) in [6.07, 6.45) is 2.60. The minimum absolute atomic E-state index is 0.0609. The second-order valence-electron chi connectivity index (χ2n) is 6.83. The predicted molar refractivity (Wildman–Crippen MR) is 114 cm³/mol. The van der Waals surface area contributed by atoms with Gasteiger partial charge in [0.2, 0.25) is 0 Å². The van der Waals surface area contributed by atoms with Crippen molar-refractivity contribution in [3.05, 3.63) is 70.1 Å². The summed E-state index contributed by atoms with van der Waals surface area (Å²) in [5, 5.41) is 13.7. The molecule has 0 radical (unpaired) electrons. The smallest absolute Gasteiger partial charge is 0.272 e. The second kappa shape index (κ2) is 9.51. The van der Waals surface area contributed by atoms with Gasteiger partial charge in [-0.3, -0.25) is 15.0 Å². The van der Waals surface area contributed by atoms with Gasteiger partial charge in [0.15, 0.2) is 5.69 Å². The van der Waals surface area contributed by atoms with Crippen LogP contribution in [0.5, 0.6) is 0 Å². The maximum Gasteiger partial charge on any atom is 0.287 e. The van der Waals surface area contributed by atoms with Crippen LogP contribution in [0.1, 0.15) is 42.2 Å². The first-order chi connectivity index (χ1) is 14.9. The number of fused-ring (bicyclic) bond motifs is 1. The third kappa shape index (κ3) is 4.96. The maximum absolute atomic E-state index is 12.8. The van der Waals surface area contributed by atoms with Gasteiger partial charge in [-0.25, -0.2) is 13.1 Å². The van der Waals surface area contributed by atoms with Gasteiger partial charge in [-0.05, 0) is 36.8 Å². The highest BCUT2D eigenvalue weighted by Crippen LogP contribution is 2.14. The number of aromatic nitrogens is 2. The van der Waals surface area contributed by atoms with Crippen LogP contribution in [0.3, 0.4) is 0 Å². The Kier molecular flexibility index (Phi) is 6.79. The number of aryl methyl sites for hydroxylation is 1. The molecular formula is C21H21N5O4S. The van der Waals surface area contributed by atoms with E-state index in [2.05, 4.69) is 10.5 Å². The van der Waals surface area contributed by atoms with E-state index in [9.17, 15) is 18.0 Å². The van der Waals surface area contributed by atoms with Gasteiger partial charge >= 0.3 is 0 Å². The lowest BCUT2D eigenvalue weighted by Gasteiger charge is -2.12. The quantitative estimate of drug-likeness (QED) is 0.408. The molecule has 160 valence electrons. The van der Waals surface area contributed by atoms with Crippen LogP contribution in [0.2, 0.25) is 0 Å². The normalized spacial score (nSPS) is 11.2. The van der Waals surface area contributed by atoms with Crippen LogP contribution in [0, 0.1) is 11.3 Å². The summed E-state index contributed by atoms with van der Waals surface area (Å²) in [5.74, 6) is -0.794. The highest BCUT2D eigenvalue weighted by molar-refractivity contribution is 7.89. The fourth-order valence-corrected chi connectivity index (χ4v) is 3.85. The number of nitrogens with zero attached hydrogens (tertiary/aromatic N) is 3. The SMILES string of the molecule is CCCCCn1nc(C(=O)NNS(=O)(=O)c2ccc(C#N)cc2)c2ccccc2c1=O. The molecule has 0 unspecified atom stereocenters. The number of amides is 1. The molecule has 1 heterocycles. The first-order valence-corrected chi connectivity index (χ1v) is 11.2. The van der Waals surface area contributed by atoms with Gasteiger partial charge in [0.05, 0.1) is 21.9 Å². The zero-order chi connectivity index (χ0) is 22.4. The Labute approximate surface area is 179 Å². The summed E-state index contributed by atoms with van der Waals surface area (Å²) < 4.78 is 26.1. The van der Waals surface area contributed by atoms with Gasteiger partial charge < -0.3 is 0 Å². The zero-order valence-corrected chi connectivity index (χ0v) is 17.6. The van der Waals surface area contributed by atoms with Crippen molar-refractivity contribution in [2.75, 3.05) is 0 Å². The van der Waals surface area contributed by atoms with E-state index < -0.39 is 15.9 Å². The van der Waals surface area contributed by atoms with E-state index in [0.717, 1.165) is 19.3 Å². The molecule has 0 fully saturated rings. The molecule has 0 saturated carbocycles. The van der Waals surface area contributed by atoms with Gasteiger partial charge in [0, 0.05) is 11.9 Å². The van der Waals surface area contributed by atoms with Crippen molar-refractivity contribution in [2.45, 2.75) is 37.6 Å². The molecule has 2 aromatic carbocycles. The molecule has 0 spiro atoms. The topological polar surface area (TPSA) is 134 Å². The molecule has 0 aliphatic heterocycles. The number of hydrogen-bond donors (Lipinski definition) is 2. The minimum Gasteiger partial charge on any atom is -0.272 e. The van der Waals surface area contributed by atoms with E-state index in [1.165, 1.54) is 28.9 Å². The van der Waals surface area contributed by atoms with Crippen molar-refractivity contribution in [3.63, 3.8) is 0 Å². The predicted octanol–water partition coefficient (Wildman–Crippen LogP) is 2.08. The summed E-state index contributed by atoms with van der Waals surface area (Å²) in [7, 11) is -4.07. The van der Waals surface area contributed by atoms with Crippen LogP contribution in [0.4, 0.5) is 0 Å². The molecule has 0 bridgehead atoms. The molecule has 3 aromatic rings. The minimum atomic E-state index is -4.07. The highest BCUT2D eigenvalue weighted by atomic mass is 32.2. The van der Waals surface area contributed by atoms with Crippen molar-refractivity contribution < 1.29 is 13.2 Å². The van der Waals surface area contributed by atoms with Crippen LogP contribution >= 0.6 is 0 Å². The van der Waals surface area contributed by atoms with Crippen LogP contribution in [0.15, 0.2) is 58.2 Å². The number of unbranched alkanes of at least 4 members (excludes halogenated alkanes) is 2. The lowest BCUT2D eigenvalue weighted by molar-refractivity contribution is 0.0939. The summed E-state index contributed by atoms with van der Waals surface area (Å²) in [4.78, 5) is 27.4. The number of carbonyl (C=O) groups is 1. The van der Waals surface area contributed by atoms with Crippen LogP contribution in [-0.2, 0) is 16.6 Å². The maximum atomic E-state index is 12.8. The number of nitrogens with one attached hydrogen (secondary N) is 2. The number of benzene rings is 2. The summed E-state index contributed by atoms with van der Waals surface area (Å²) in [6, 6.07) is 13.7. The number of hydrogen-bond acceptors (Lipinski definition) is 6. The van der Waals surface area contributed by atoms with E-state index in [0.29, 0.717) is 22.9 Å². The van der Waals surface area contributed by atoms with Gasteiger partial charge in [-0.15, -0.1) is 4.83 Å². The number of rotatable bonds is 8. The van der Waals surface area contributed by atoms with Crippen molar-refractivity contribution in [1.29, 1.82) is 5.26 Å². The molecule has 0 aliphatic carbocycles. The molecule has 31 heavy (non-hydrogen) atoms. The van der Waals surface area contributed by atoms with Crippen molar-refractivity contribution >= 4 is 26.7 Å². The lowest BCUT2D eigenvalue weighted by Crippen LogP contribution is -2.42. The molecule has 1 amide bonds. The van der Waals surface area contributed by atoms with Gasteiger partial charge in [0.25, 0.3) is 21.5 Å². The average Bonchev–Trinajstić information content (AvgIpc) is 2.79. The molecule has 0 aliphatic rings. The molecule has 0 atom stereocenters. The standard InChI is InChI=1S/C21H21N5O4S/c1-2-3-6-13-26-21(28)18-8-5-4-7-17(18)19(24-26)20(27)23-25-31(29,30)16-11-9-15(14-22)10-12-16/h4-5,7-12,25H,2-3,6,13H2,1H3,(H,23,27). The Morgan fingerprint density at radius 3 is 2.42 bits per heavy atom. The fourth-order valence-electron chi connectivity index (χ4n) is 3.01. The Bertz CT molecular complexity index is 1310. The molecule has 9 nitrogen and oxygen atoms in total. The average molecular weight is 439 g/mol. The Hall–Kier alpha value is -3.55. The van der Waals surface area contributed by atoms with Gasteiger partial charge in [-0.1, -0.05) is 38.0 Å². The number of sulfonamides is 1. The van der Waals surface area contributed by atoms with E-state index in [1.807, 2.05) is 17.8 Å². The monoisotopic (exact) mass is 439 g/mol. The summed E-state index contributed by atoms with van der Waals surface area (Å²) >= 11 is 0. The molecule has 3 rings (SSSR count). The molecule has 2 N–H and O–H groups in total.